The molecule has 0 aromatic rings. The lowest BCUT2D eigenvalue weighted by molar-refractivity contribution is -0.128. The molecule has 98 valence electrons. The molecule has 0 aliphatic heterocycles. The zero-order chi connectivity index (χ0) is 13.1. The highest BCUT2D eigenvalue weighted by molar-refractivity contribution is 5.94. The largest absolute Gasteiger partial charge is 0.356 e. The lowest BCUT2D eigenvalue weighted by atomic mass is 9.84. The van der Waals surface area contributed by atoms with Crippen LogP contribution in [-0.2, 0) is 9.59 Å². The third kappa shape index (κ3) is 3.53. The van der Waals surface area contributed by atoms with Crippen LogP contribution >= 0.6 is 0 Å². The lowest BCUT2D eigenvalue weighted by Crippen LogP contribution is -2.47. The second kappa shape index (κ2) is 5.17. The Balaban J connectivity index is 2.32. The number of ketones is 1. The molecule has 1 fully saturated rings. The Hall–Kier alpha value is -0.900. The van der Waals surface area contributed by atoms with Crippen LogP contribution in [0.3, 0.4) is 0 Å². The summed E-state index contributed by atoms with van der Waals surface area (Å²) in [6, 6.07) is 0. The summed E-state index contributed by atoms with van der Waals surface area (Å²) in [5.74, 6) is 0.190. The summed E-state index contributed by atoms with van der Waals surface area (Å²) in [5, 5.41) is 2.75. The van der Waals surface area contributed by atoms with Crippen molar-refractivity contribution in [3.63, 3.8) is 0 Å². The fourth-order valence-electron chi connectivity index (χ4n) is 2.50. The predicted molar refractivity (Wildman–Crippen MR) is 67.5 cm³/mol. The number of hydrogen-bond acceptors (Lipinski definition) is 3. The number of nitrogens with one attached hydrogen (secondary N) is 1. The zero-order valence-corrected chi connectivity index (χ0v) is 11.1. The van der Waals surface area contributed by atoms with Gasteiger partial charge < -0.3 is 11.1 Å². The molecule has 0 radical (unpaired) electrons. The summed E-state index contributed by atoms with van der Waals surface area (Å²) in [4.78, 5) is 22.8. The number of amides is 1. The number of carbonyl (C=O) groups excluding carboxylic acids is 2. The number of hydrogen-bond donors (Lipinski definition) is 2. The van der Waals surface area contributed by atoms with Gasteiger partial charge in [0.15, 0.2) is 5.78 Å². The Morgan fingerprint density at radius 3 is 2.47 bits per heavy atom. The smallest absolute Gasteiger partial charge is 0.216 e. The Morgan fingerprint density at radius 1 is 1.35 bits per heavy atom. The average molecular weight is 240 g/mol. The van der Waals surface area contributed by atoms with Crippen LogP contribution < -0.4 is 11.1 Å². The van der Waals surface area contributed by atoms with Crippen molar-refractivity contribution in [2.45, 2.75) is 58.4 Å². The van der Waals surface area contributed by atoms with E-state index in [2.05, 4.69) is 5.32 Å². The molecule has 3 N–H and O–H groups in total. The molecule has 0 bridgehead atoms. The summed E-state index contributed by atoms with van der Waals surface area (Å²) >= 11 is 0. The van der Waals surface area contributed by atoms with Crippen LogP contribution in [0.1, 0.15) is 52.9 Å². The molecule has 1 saturated carbocycles. The normalized spacial score (nSPS) is 27.2. The zero-order valence-electron chi connectivity index (χ0n) is 11.1. The highest BCUT2D eigenvalue weighted by Gasteiger charge is 2.48. The van der Waals surface area contributed by atoms with Gasteiger partial charge in [-0.3, -0.25) is 9.59 Å². The first-order chi connectivity index (χ1) is 7.78. The monoisotopic (exact) mass is 240 g/mol. The fourth-order valence-corrected chi connectivity index (χ4v) is 2.50. The predicted octanol–water partition coefficient (Wildman–Crippen LogP) is 1.38. The van der Waals surface area contributed by atoms with Gasteiger partial charge in [-0.15, -0.1) is 0 Å². The van der Waals surface area contributed by atoms with Gasteiger partial charge in [0.1, 0.15) is 0 Å². The van der Waals surface area contributed by atoms with Gasteiger partial charge in [0, 0.05) is 18.9 Å². The van der Waals surface area contributed by atoms with Gasteiger partial charge in [-0.2, -0.15) is 0 Å². The van der Waals surface area contributed by atoms with Crippen LogP contribution in [0, 0.1) is 5.41 Å². The Bertz CT molecular complexity index is 313. The van der Waals surface area contributed by atoms with E-state index in [1.807, 2.05) is 13.8 Å². The van der Waals surface area contributed by atoms with Crippen LogP contribution in [0.2, 0.25) is 0 Å². The van der Waals surface area contributed by atoms with Crippen molar-refractivity contribution in [1.82, 2.24) is 5.32 Å². The molecular formula is C13H24N2O2. The molecule has 0 unspecified atom stereocenters. The van der Waals surface area contributed by atoms with E-state index in [1.54, 1.807) is 0 Å². The number of nitrogens with two attached hydrogens (primary N) is 1. The minimum atomic E-state index is -0.625. The number of rotatable bonds is 5. The number of Topliss-reactive ketones (excluding diaryl/α,β-unsaturated/α-hetero) is 1. The summed E-state index contributed by atoms with van der Waals surface area (Å²) in [6.45, 7) is 6.12. The van der Waals surface area contributed by atoms with Gasteiger partial charge in [0.25, 0.3) is 0 Å². The van der Waals surface area contributed by atoms with Crippen molar-refractivity contribution in [3.8, 4) is 0 Å². The SMILES string of the molecule is CC(=O)NCCCC[C@@]1(N)CCC(C)(C)C1=O. The highest BCUT2D eigenvalue weighted by atomic mass is 16.1. The van der Waals surface area contributed by atoms with Crippen molar-refractivity contribution < 1.29 is 9.59 Å². The maximum Gasteiger partial charge on any atom is 0.216 e. The molecular weight excluding hydrogens is 216 g/mol. The second-order valence-corrected chi connectivity index (χ2v) is 5.81. The molecule has 0 saturated heterocycles. The second-order valence-electron chi connectivity index (χ2n) is 5.81. The molecule has 1 atom stereocenters. The summed E-state index contributed by atoms with van der Waals surface area (Å²) in [7, 11) is 0. The number of unbranched alkanes of at least 4 members (excludes halogenated alkanes) is 1. The first-order valence-electron chi connectivity index (χ1n) is 6.36. The van der Waals surface area contributed by atoms with Crippen molar-refractivity contribution in [1.29, 1.82) is 0 Å². The highest BCUT2D eigenvalue weighted by Crippen LogP contribution is 2.41. The molecule has 4 nitrogen and oxygen atoms in total. The van der Waals surface area contributed by atoms with Crippen molar-refractivity contribution in [3.05, 3.63) is 0 Å². The Morgan fingerprint density at radius 2 is 2.00 bits per heavy atom. The van der Waals surface area contributed by atoms with E-state index in [1.165, 1.54) is 6.92 Å². The van der Waals surface area contributed by atoms with Gasteiger partial charge >= 0.3 is 0 Å². The molecule has 1 aliphatic rings. The maximum atomic E-state index is 12.1. The summed E-state index contributed by atoms with van der Waals surface area (Å²) in [6.07, 6.45) is 4.17. The van der Waals surface area contributed by atoms with Crippen LogP contribution in [0.15, 0.2) is 0 Å². The third-order valence-corrected chi connectivity index (χ3v) is 3.69. The summed E-state index contributed by atoms with van der Waals surface area (Å²) in [5.41, 5.74) is 5.30. The van der Waals surface area contributed by atoms with E-state index in [0.717, 1.165) is 32.1 Å². The van der Waals surface area contributed by atoms with Crippen LogP contribution in [0.5, 0.6) is 0 Å². The summed E-state index contributed by atoms with van der Waals surface area (Å²) < 4.78 is 0. The molecule has 1 rings (SSSR count). The van der Waals surface area contributed by atoms with Gasteiger partial charge in [-0.1, -0.05) is 13.8 Å². The Labute approximate surface area is 103 Å². The number of carbonyl (C=O) groups is 2. The molecule has 4 heteroatoms. The fraction of sp³-hybridized carbons (Fsp3) is 0.846. The standard InChI is InChI=1S/C13H24N2O2/c1-10(16)15-9-5-4-6-13(14)8-7-12(2,3)11(13)17/h4-9,14H2,1-3H3,(H,15,16)/t13-/m1/s1. The molecule has 0 spiro atoms. The van der Waals surface area contributed by atoms with Crippen molar-refractivity contribution in [2.75, 3.05) is 6.54 Å². The van der Waals surface area contributed by atoms with E-state index in [0.29, 0.717) is 6.54 Å². The van der Waals surface area contributed by atoms with E-state index in [4.69, 9.17) is 5.73 Å². The van der Waals surface area contributed by atoms with Crippen molar-refractivity contribution in [2.24, 2.45) is 11.1 Å². The van der Waals surface area contributed by atoms with Crippen LogP contribution in [0.4, 0.5) is 0 Å². The first-order valence-corrected chi connectivity index (χ1v) is 6.36. The van der Waals surface area contributed by atoms with Crippen LogP contribution in [0.25, 0.3) is 0 Å². The van der Waals surface area contributed by atoms with Gasteiger partial charge in [0.2, 0.25) is 5.91 Å². The molecule has 1 aliphatic carbocycles. The molecule has 17 heavy (non-hydrogen) atoms. The third-order valence-electron chi connectivity index (χ3n) is 3.69. The van der Waals surface area contributed by atoms with Crippen LogP contribution in [-0.4, -0.2) is 23.8 Å². The van der Waals surface area contributed by atoms with E-state index >= 15 is 0 Å². The first kappa shape index (κ1) is 14.2. The quantitative estimate of drug-likeness (QED) is 0.713. The van der Waals surface area contributed by atoms with E-state index in [-0.39, 0.29) is 17.1 Å². The minimum absolute atomic E-state index is 0.00876. The topological polar surface area (TPSA) is 72.2 Å². The van der Waals surface area contributed by atoms with Crippen molar-refractivity contribution >= 4 is 11.7 Å². The average Bonchev–Trinajstić information content (AvgIpc) is 2.43. The lowest BCUT2D eigenvalue weighted by Gasteiger charge is -2.24. The van der Waals surface area contributed by atoms with E-state index in [9.17, 15) is 9.59 Å². The Kier molecular flexibility index (Phi) is 4.31. The van der Waals surface area contributed by atoms with Gasteiger partial charge in [-0.05, 0) is 32.1 Å². The molecule has 0 heterocycles. The minimum Gasteiger partial charge on any atom is -0.356 e. The molecule has 1 amide bonds. The molecule has 0 aromatic carbocycles. The molecule has 0 aromatic heterocycles. The van der Waals surface area contributed by atoms with E-state index < -0.39 is 5.54 Å². The maximum absolute atomic E-state index is 12.1. The van der Waals surface area contributed by atoms with Gasteiger partial charge in [0.05, 0.1) is 5.54 Å². The van der Waals surface area contributed by atoms with Gasteiger partial charge in [-0.25, -0.2) is 0 Å².